The lowest BCUT2D eigenvalue weighted by molar-refractivity contribution is 0.521. The molecule has 0 saturated carbocycles. The highest BCUT2D eigenvalue weighted by molar-refractivity contribution is 6.35. The predicted octanol–water partition coefficient (Wildman–Crippen LogP) is 3.81. The highest BCUT2D eigenvalue weighted by atomic mass is 35.5. The highest BCUT2D eigenvalue weighted by Gasteiger charge is 2.23. The predicted molar refractivity (Wildman–Crippen MR) is 83.2 cm³/mol. The number of nitrogens with one attached hydrogen (secondary N) is 1. The van der Waals surface area contributed by atoms with Crippen molar-refractivity contribution in [3.8, 4) is 0 Å². The summed E-state index contributed by atoms with van der Waals surface area (Å²) in [5.41, 5.74) is 4.34. The zero-order valence-electron chi connectivity index (χ0n) is 10.9. The summed E-state index contributed by atoms with van der Waals surface area (Å²) in [7, 11) is 0. The van der Waals surface area contributed by atoms with Gasteiger partial charge in [-0.3, -0.25) is 10.5 Å². The number of aromatic nitrogens is 2. The lowest BCUT2D eigenvalue weighted by Gasteiger charge is -2.20. The maximum absolute atomic E-state index is 6.25. The zero-order chi connectivity index (χ0) is 14.7. The van der Waals surface area contributed by atoms with E-state index in [1.807, 2.05) is 10.7 Å². The third-order valence-electron chi connectivity index (χ3n) is 2.98. The summed E-state index contributed by atoms with van der Waals surface area (Å²) in [4.78, 5) is 0. The van der Waals surface area contributed by atoms with Crippen LogP contribution in [0.1, 0.15) is 30.6 Å². The molecule has 3 N–H and O–H groups in total. The number of nitrogens with two attached hydrogens (primary N) is 1. The number of benzene rings is 1. The van der Waals surface area contributed by atoms with E-state index in [0.717, 1.165) is 24.2 Å². The van der Waals surface area contributed by atoms with Gasteiger partial charge in [0.25, 0.3) is 0 Å². The second-order valence-electron chi connectivity index (χ2n) is 4.37. The molecule has 7 heteroatoms. The molecule has 0 fully saturated rings. The Kier molecular flexibility index (Phi) is 5.29. The fourth-order valence-corrected chi connectivity index (χ4v) is 2.87. The SMILES string of the molecule is CCCn1ncc(Cl)c1C(NN)c1ccc(Cl)cc1Cl. The van der Waals surface area contributed by atoms with Crippen molar-refractivity contribution >= 4 is 34.8 Å². The van der Waals surface area contributed by atoms with Crippen LogP contribution in [0.25, 0.3) is 0 Å². The Morgan fingerprint density at radius 2 is 2.05 bits per heavy atom. The first-order valence-corrected chi connectivity index (χ1v) is 7.34. The van der Waals surface area contributed by atoms with Gasteiger partial charge in [-0.05, 0) is 24.1 Å². The van der Waals surface area contributed by atoms with Crippen LogP contribution < -0.4 is 11.3 Å². The Hall–Kier alpha value is -0.780. The van der Waals surface area contributed by atoms with Crippen LogP contribution in [-0.2, 0) is 6.54 Å². The molecule has 0 aliphatic heterocycles. The summed E-state index contributed by atoms with van der Waals surface area (Å²) in [5.74, 6) is 5.70. The minimum Gasteiger partial charge on any atom is -0.271 e. The van der Waals surface area contributed by atoms with Gasteiger partial charge < -0.3 is 0 Å². The maximum Gasteiger partial charge on any atom is 0.0907 e. The molecule has 1 unspecified atom stereocenters. The quantitative estimate of drug-likeness (QED) is 0.646. The van der Waals surface area contributed by atoms with E-state index in [2.05, 4.69) is 17.4 Å². The molecule has 0 spiro atoms. The van der Waals surface area contributed by atoms with E-state index in [1.165, 1.54) is 0 Å². The third-order valence-corrected chi connectivity index (χ3v) is 3.84. The highest BCUT2D eigenvalue weighted by Crippen LogP contribution is 2.33. The van der Waals surface area contributed by atoms with Crippen LogP contribution >= 0.6 is 34.8 Å². The number of hydrazine groups is 1. The molecule has 0 aliphatic rings. The van der Waals surface area contributed by atoms with Crippen molar-refractivity contribution in [2.24, 2.45) is 5.84 Å². The molecule has 1 atom stereocenters. The molecule has 0 amide bonds. The summed E-state index contributed by atoms with van der Waals surface area (Å²) in [5, 5.41) is 5.92. The third kappa shape index (κ3) is 3.10. The lowest BCUT2D eigenvalue weighted by Crippen LogP contribution is -2.31. The first-order chi connectivity index (χ1) is 9.58. The number of hydrogen-bond donors (Lipinski definition) is 2. The number of rotatable bonds is 5. The number of aryl methyl sites for hydroxylation is 1. The van der Waals surface area contributed by atoms with Crippen molar-refractivity contribution in [3.05, 3.63) is 50.7 Å². The fraction of sp³-hybridized carbons (Fsp3) is 0.308. The summed E-state index contributed by atoms with van der Waals surface area (Å²) < 4.78 is 1.83. The van der Waals surface area contributed by atoms with E-state index in [9.17, 15) is 0 Å². The molecule has 1 aromatic heterocycles. The van der Waals surface area contributed by atoms with Gasteiger partial charge in [-0.2, -0.15) is 5.10 Å². The van der Waals surface area contributed by atoms with Gasteiger partial charge in [0.05, 0.1) is 23.0 Å². The zero-order valence-corrected chi connectivity index (χ0v) is 13.2. The first-order valence-electron chi connectivity index (χ1n) is 6.20. The normalized spacial score (nSPS) is 12.7. The second-order valence-corrected chi connectivity index (χ2v) is 5.62. The van der Waals surface area contributed by atoms with Crippen LogP contribution in [-0.4, -0.2) is 9.78 Å². The molecule has 0 aliphatic carbocycles. The van der Waals surface area contributed by atoms with E-state index >= 15 is 0 Å². The summed E-state index contributed by atoms with van der Waals surface area (Å²) >= 11 is 18.4. The Balaban J connectivity index is 2.49. The van der Waals surface area contributed by atoms with Crippen LogP contribution in [0, 0.1) is 0 Å². The standard InChI is InChI=1S/C13H15Cl3N4/c1-2-5-20-13(11(16)7-18-20)12(19-17)9-4-3-8(14)6-10(9)15/h3-4,6-7,12,19H,2,5,17H2,1H3. The van der Waals surface area contributed by atoms with Gasteiger partial charge in [-0.15, -0.1) is 0 Å². The summed E-state index contributed by atoms with van der Waals surface area (Å²) in [6, 6.07) is 4.93. The number of nitrogens with zero attached hydrogens (tertiary/aromatic N) is 2. The minimum absolute atomic E-state index is 0.346. The van der Waals surface area contributed by atoms with Crippen molar-refractivity contribution < 1.29 is 0 Å². The lowest BCUT2D eigenvalue weighted by atomic mass is 10.0. The largest absolute Gasteiger partial charge is 0.271 e. The second kappa shape index (κ2) is 6.78. The Morgan fingerprint density at radius 3 is 2.65 bits per heavy atom. The van der Waals surface area contributed by atoms with Gasteiger partial charge in [0, 0.05) is 16.6 Å². The van der Waals surface area contributed by atoms with E-state index in [4.69, 9.17) is 40.6 Å². The van der Waals surface area contributed by atoms with Crippen LogP contribution in [0.15, 0.2) is 24.4 Å². The van der Waals surface area contributed by atoms with Crippen molar-refractivity contribution in [2.75, 3.05) is 0 Å². The Morgan fingerprint density at radius 1 is 1.30 bits per heavy atom. The van der Waals surface area contributed by atoms with Gasteiger partial charge in [-0.25, -0.2) is 5.43 Å². The number of halogens is 3. The summed E-state index contributed by atoms with van der Waals surface area (Å²) in [6.45, 7) is 2.82. The van der Waals surface area contributed by atoms with E-state index in [1.54, 1.807) is 18.3 Å². The van der Waals surface area contributed by atoms with Crippen molar-refractivity contribution in [1.82, 2.24) is 15.2 Å². The molecule has 2 rings (SSSR count). The van der Waals surface area contributed by atoms with Crippen molar-refractivity contribution in [2.45, 2.75) is 25.9 Å². The van der Waals surface area contributed by atoms with E-state index < -0.39 is 0 Å². The molecule has 4 nitrogen and oxygen atoms in total. The van der Waals surface area contributed by atoms with Gasteiger partial charge >= 0.3 is 0 Å². The fourth-order valence-electron chi connectivity index (χ4n) is 2.10. The van der Waals surface area contributed by atoms with Gasteiger partial charge in [0.15, 0.2) is 0 Å². The molecule has 1 heterocycles. The van der Waals surface area contributed by atoms with E-state index in [0.29, 0.717) is 15.1 Å². The average Bonchev–Trinajstić information content (AvgIpc) is 2.75. The molecule has 0 radical (unpaired) electrons. The minimum atomic E-state index is -0.346. The smallest absolute Gasteiger partial charge is 0.0907 e. The molecule has 0 saturated heterocycles. The van der Waals surface area contributed by atoms with E-state index in [-0.39, 0.29) is 6.04 Å². The van der Waals surface area contributed by atoms with Crippen LogP contribution in [0.4, 0.5) is 0 Å². The average molecular weight is 334 g/mol. The maximum atomic E-state index is 6.25. The van der Waals surface area contributed by atoms with Gasteiger partial charge in [0.1, 0.15) is 0 Å². The monoisotopic (exact) mass is 332 g/mol. The van der Waals surface area contributed by atoms with Crippen LogP contribution in [0.3, 0.4) is 0 Å². The number of hydrogen-bond acceptors (Lipinski definition) is 3. The van der Waals surface area contributed by atoms with Crippen molar-refractivity contribution in [1.29, 1.82) is 0 Å². The summed E-state index contributed by atoms with van der Waals surface area (Å²) in [6.07, 6.45) is 2.55. The molecule has 1 aromatic carbocycles. The van der Waals surface area contributed by atoms with Crippen LogP contribution in [0.2, 0.25) is 15.1 Å². The van der Waals surface area contributed by atoms with Crippen molar-refractivity contribution in [3.63, 3.8) is 0 Å². The van der Waals surface area contributed by atoms with Crippen LogP contribution in [0.5, 0.6) is 0 Å². The molecule has 108 valence electrons. The van der Waals surface area contributed by atoms with Gasteiger partial charge in [0.2, 0.25) is 0 Å². The molecule has 2 aromatic rings. The molecule has 20 heavy (non-hydrogen) atoms. The Bertz CT molecular complexity index is 597. The van der Waals surface area contributed by atoms with Gasteiger partial charge in [-0.1, -0.05) is 47.8 Å². The first kappa shape index (κ1) is 15.6. The molecular formula is C13H15Cl3N4. The topological polar surface area (TPSA) is 55.9 Å². The molecular weight excluding hydrogens is 319 g/mol. The Labute approximate surface area is 132 Å². The molecule has 0 bridgehead atoms.